The van der Waals surface area contributed by atoms with Crippen LogP contribution in [-0.2, 0) is 9.53 Å². The van der Waals surface area contributed by atoms with Crippen molar-refractivity contribution in [2.45, 2.75) is 5.92 Å². The number of nitrogens with zero attached hydrogens (tertiary/aromatic N) is 1. The van der Waals surface area contributed by atoms with Crippen molar-refractivity contribution < 1.29 is 9.53 Å². The first kappa shape index (κ1) is 18.3. The average molecular weight is 372 g/mol. The number of anilines is 2. The normalized spacial score (nSPS) is 14.1. The Morgan fingerprint density at radius 3 is 1.93 bits per heavy atom. The number of carbonyl (C=O) groups excluding carboxylic acids is 1. The molecule has 142 valence electrons. The molecule has 4 nitrogen and oxygen atoms in total. The second-order valence-electron chi connectivity index (χ2n) is 6.86. The molecule has 1 aliphatic heterocycles. The maximum absolute atomic E-state index is 13.4. The predicted molar refractivity (Wildman–Crippen MR) is 113 cm³/mol. The number of ether oxygens (including phenoxy) is 1. The highest BCUT2D eigenvalue weighted by atomic mass is 16.5. The third kappa shape index (κ3) is 4.07. The van der Waals surface area contributed by atoms with Gasteiger partial charge in [0.1, 0.15) is 0 Å². The fourth-order valence-corrected chi connectivity index (χ4v) is 3.65. The molecular weight excluding hydrogens is 348 g/mol. The van der Waals surface area contributed by atoms with Gasteiger partial charge in [-0.15, -0.1) is 0 Å². The Bertz CT molecular complexity index is 867. The van der Waals surface area contributed by atoms with Gasteiger partial charge in [-0.3, -0.25) is 4.79 Å². The van der Waals surface area contributed by atoms with Crippen LogP contribution in [0.1, 0.15) is 17.0 Å². The molecule has 1 heterocycles. The SMILES string of the molecule is O=C(Nc1ccccc1N1CCOCC1)C(c1ccccc1)c1ccccc1. The van der Waals surface area contributed by atoms with Crippen LogP contribution in [0.5, 0.6) is 0 Å². The summed E-state index contributed by atoms with van der Waals surface area (Å²) in [5, 5.41) is 3.18. The summed E-state index contributed by atoms with van der Waals surface area (Å²) in [5.74, 6) is -0.391. The Morgan fingerprint density at radius 2 is 1.32 bits per heavy atom. The largest absolute Gasteiger partial charge is 0.378 e. The van der Waals surface area contributed by atoms with E-state index in [9.17, 15) is 4.79 Å². The first-order chi connectivity index (χ1) is 13.8. The molecule has 1 fully saturated rings. The molecule has 3 aromatic carbocycles. The van der Waals surface area contributed by atoms with Crippen LogP contribution in [0.3, 0.4) is 0 Å². The zero-order valence-electron chi connectivity index (χ0n) is 15.8. The molecule has 28 heavy (non-hydrogen) atoms. The first-order valence-corrected chi connectivity index (χ1v) is 9.65. The Hall–Kier alpha value is -3.11. The summed E-state index contributed by atoms with van der Waals surface area (Å²) in [7, 11) is 0. The third-order valence-corrected chi connectivity index (χ3v) is 5.04. The molecule has 0 saturated carbocycles. The fraction of sp³-hybridized carbons (Fsp3) is 0.208. The second kappa shape index (κ2) is 8.72. The van der Waals surface area contributed by atoms with E-state index in [1.165, 1.54) is 0 Å². The van der Waals surface area contributed by atoms with E-state index in [-0.39, 0.29) is 11.8 Å². The summed E-state index contributed by atoms with van der Waals surface area (Å²) in [6.45, 7) is 3.07. The minimum absolute atomic E-state index is 0.0295. The monoisotopic (exact) mass is 372 g/mol. The lowest BCUT2D eigenvalue weighted by atomic mass is 9.90. The van der Waals surface area contributed by atoms with E-state index in [1.807, 2.05) is 78.9 Å². The molecule has 1 N–H and O–H groups in total. The molecule has 4 rings (SSSR count). The van der Waals surface area contributed by atoms with Gasteiger partial charge in [-0.1, -0.05) is 72.8 Å². The third-order valence-electron chi connectivity index (χ3n) is 5.04. The quantitative estimate of drug-likeness (QED) is 0.726. The molecule has 0 spiro atoms. The smallest absolute Gasteiger partial charge is 0.236 e. The van der Waals surface area contributed by atoms with Gasteiger partial charge in [0.2, 0.25) is 5.91 Å². The van der Waals surface area contributed by atoms with Gasteiger partial charge < -0.3 is 15.0 Å². The first-order valence-electron chi connectivity index (χ1n) is 9.65. The van der Waals surface area contributed by atoms with Crippen molar-refractivity contribution in [2.75, 3.05) is 36.5 Å². The maximum atomic E-state index is 13.4. The van der Waals surface area contributed by atoms with Gasteiger partial charge >= 0.3 is 0 Å². The molecule has 0 bridgehead atoms. The van der Waals surface area contributed by atoms with Gasteiger partial charge in [0.05, 0.1) is 30.5 Å². The minimum atomic E-state index is -0.361. The molecule has 0 atom stereocenters. The van der Waals surface area contributed by atoms with Crippen LogP contribution in [0.4, 0.5) is 11.4 Å². The summed E-state index contributed by atoms with van der Waals surface area (Å²) in [6, 6.07) is 27.8. The number of para-hydroxylation sites is 2. The number of carbonyl (C=O) groups is 1. The Balaban J connectivity index is 1.64. The molecular formula is C24H24N2O2. The van der Waals surface area contributed by atoms with Crippen molar-refractivity contribution in [2.24, 2.45) is 0 Å². The summed E-state index contributed by atoms with van der Waals surface area (Å²) in [4.78, 5) is 15.7. The number of hydrogen-bond acceptors (Lipinski definition) is 3. The molecule has 0 radical (unpaired) electrons. The Kier molecular flexibility index (Phi) is 5.69. The lowest BCUT2D eigenvalue weighted by molar-refractivity contribution is -0.116. The van der Waals surface area contributed by atoms with Crippen molar-refractivity contribution in [3.05, 3.63) is 96.1 Å². The molecule has 0 aliphatic carbocycles. The van der Waals surface area contributed by atoms with Crippen LogP contribution < -0.4 is 10.2 Å². The number of benzene rings is 3. The van der Waals surface area contributed by atoms with E-state index in [0.29, 0.717) is 13.2 Å². The zero-order valence-corrected chi connectivity index (χ0v) is 15.8. The fourth-order valence-electron chi connectivity index (χ4n) is 3.65. The number of hydrogen-bond donors (Lipinski definition) is 1. The van der Waals surface area contributed by atoms with E-state index >= 15 is 0 Å². The molecule has 1 saturated heterocycles. The molecule has 0 unspecified atom stereocenters. The molecule has 4 heteroatoms. The van der Waals surface area contributed by atoms with Crippen molar-refractivity contribution in [3.8, 4) is 0 Å². The highest BCUT2D eigenvalue weighted by molar-refractivity contribution is 6.00. The minimum Gasteiger partial charge on any atom is -0.378 e. The van der Waals surface area contributed by atoms with Gasteiger partial charge in [0, 0.05) is 13.1 Å². The van der Waals surface area contributed by atoms with E-state index in [0.717, 1.165) is 35.6 Å². The van der Waals surface area contributed by atoms with Crippen LogP contribution in [0.25, 0.3) is 0 Å². The van der Waals surface area contributed by atoms with E-state index in [4.69, 9.17) is 4.74 Å². The van der Waals surface area contributed by atoms with Gasteiger partial charge in [0.25, 0.3) is 0 Å². The topological polar surface area (TPSA) is 41.6 Å². The number of morpholine rings is 1. The standard InChI is InChI=1S/C24H24N2O2/c27-24(23(19-9-3-1-4-10-19)20-11-5-2-6-12-20)25-21-13-7-8-14-22(21)26-15-17-28-18-16-26/h1-14,23H,15-18H2,(H,25,27). The van der Waals surface area contributed by atoms with Crippen LogP contribution in [0, 0.1) is 0 Å². The van der Waals surface area contributed by atoms with Gasteiger partial charge in [-0.05, 0) is 23.3 Å². The highest BCUT2D eigenvalue weighted by Gasteiger charge is 2.24. The lowest BCUT2D eigenvalue weighted by Gasteiger charge is -2.31. The van der Waals surface area contributed by atoms with Crippen molar-refractivity contribution in [3.63, 3.8) is 0 Å². The van der Waals surface area contributed by atoms with Crippen molar-refractivity contribution in [1.29, 1.82) is 0 Å². The Labute approximate surface area is 165 Å². The van der Waals surface area contributed by atoms with Gasteiger partial charge in [-0.25, -0.2) is 0 Å². The van der Waals surface area contributed by atoms with Crippen LogP contribution >= 0.6 is 0 Å². The molecule has 3 aromatic rings. The Morgan fingerprint density at radius 1 is 0.786 bits per heavy atom. The van der Waals surface area contributed by atoms with Crippen molar-refractivity contribution in [1.82, 2.24) is 0 Å². The maximum Gasteiger partial charge on any atom is 0.236 e. The predicted octanol–water partition coefficient (Wildman–Crippen LogP) is 4.29. The molecule has 1 amide bonds. The van der Waals surface area contributed by atoms with Gasteiger partial charge in [-0.2, -0.15) is 0 Å². The second-order valence-corrected chi connectivity index (χ2v) is 6.86. The van der Waals surface area contributed by atoms with E-state index < -0.39 is 0 Å². The number of nitrogens with one attached hydrogen (secondary N) is 1. The number of amides is 1. The van der Waals surface area contributed by atoms with Crippen molar-refractivity contribution >= 4 is 17.3 Å². The van der Waals surface area contributed by atoms with E-state index in [2.05, 4.69) is 16.3 Å². The number of rotatable bonds is 5. The molecule has 1 aliphatic rings. The van der Waals surface area contributed by atoms with Crippen LogP contribution in [0.15, 0.2) is 84.9 Å². The van der Waals surface area contributed by atoms with Crippen LogP contribution in [-0.4, -0.2) is 32.2 Å². The highest BCUT2D eigenvalue weighted by Crippen LogP contribution is 2.30. The van der Waals surface area contributed by atoms with E-state index in [1.54, 1.807) is 0 Å². The summed E-state index contributed by atoms with van der Waals surface area (Å²) in [6.07, 6.45) is 0. The molecule has 0 aromatic heterocycles. The summed E-state index contributed by atoms with van der Waals surface area (Å²) < 4.78 is 5.47. The van der Waals surface area contributed by atoms with Crippen LogP contribution in [0.2, 0.25) is 0 Å². The lowest BCUT2D eigenvalue weighted by Crippen LogP contribution is -2.37. The average Bonchev–Trinajstić information content (AvgIpc) is 2.76. The summed E-state index contributed by atoms with van der Waals surface area (Å²) in [5.41, 5.74) is 3.84. The van der Waals surface area contributed by atoms with Gasteiger partial charge in [0.15, 0.2) is 0 Å². The zero-order chi connectivity index (χ0) is 19.2. The summed E-state index contributed by atoms with van der Waals surface area (Å²) >= 11 is 0.